The highest BCUT2D eigenvalue weighted by molar-refractivity contribution is 7.89. The predicted molar refractivity (Wildman–Crippen MR) is 72.6 cm³/mol. The molecule has 1 aromatic rings. The van der Waals surface area contributed by atoms with E-state index in [-0.39, 0.29) is 6.04 Å². The van der Waals surface area contributed by atoms with Gasteiger partial charge in [-0.15, -0.1) is 0 Å². The van der Waals surface area contributed by atoms with Crippen molar-refractivity contribution in [2.75, 3.05) is 18.0 Å². The van der Waals surface area contributed by atoms with Crippen LogP contribution < -0.4 is 9.62 Å². The number of nitrogens with one attached hydrogen (secondary N) is 1. The number of para-hydroxylation sites is 1. The van der Waals surface area contributed by atoms with E-state index in [0.29, 0.717) is 23.7 Å². The van der Waals surface area contributed by atoms with E-state index in [9.17, 15) is 13.5 Å². The van der Waals surface area contributed by atoms with Crippen LogP contribution in [0.3, 0.4) is 0 Å². The Morgan fingerprint density at radius 1 is 1.32 bits per heavy atom. The van der Waals surface area contributed by atoms with Crippen molar-refractivity contribution >= 4 is 15.7 Å². The summed E-state index contributed by atoms with van der Waals surface area (Å²) in [7, 11) is -3.46. The van der Waals surface area contributed by atoms with Crippen molar-refractivity contribution in [3.05, 3.63) is 24.3 Å². The molecule has 1 saturated carbocycles. The largest absolute Gasteiger partial charge is 0.386 e. The highest BCUT2D eigenvalue weighted by atomic mass is 32.2. The quantitative estimate of drug-likeness (QED) is 0.853. The van der Waals surface area contributed by atoms with Crippen LogP contribution in [0.2, 0.25) is 0 Å². The molecule has 0 atom stereocenters. The molecule has 1 heterocycles. The Kier molecular flexibility index (Phi) is 2.85. The van der Waals surface area contributed by atoms with Gasteiger partial charge in [0, 0.05) is 19.1 Å². The van der Waals surface area contributed by atoms with E-state index in [1.165, 1.54) is 0 Å². The van der Waals surface area contributed by atoms with Gasteiger partial charge < -0.3 is 10.0 Å². The second-order valence-electron chi connectivity index (χ2n) is 5.72. The Morgan fingerprint density at radius 3 is 2.53 bits per heavy atom. The van der Waals surface area contributed by atoms with Gasteiger partial charge in [0.2, 0.25) is 10.0 Å². The molecular formula is C13H18N2O3S. The fourth-order valence-electron chi connectivity index (χ4n) is 2.38. The summed E-state index contributed by atoms with van der Waals surface area (Å²) in [5.74, 6) is 0. The highest BCUT2D eigenvalue weighted by Crippen LogP contribution is 2.33. The Balaban J connectivity index is 1.89. The lowest BCUT2D eigenvalue weighted by Gasteiger charge is -2.46. The van der Waals surface area contributed by atoms with Crippen LogP contribution in [0.5, 0.6) is 0 Å². The molecule has 1 saturated heterocycles. The summed E-state index contributed by atoms with van der Waals surface area (Å²) in [5.41, 5.74) is -0.0528. The maximum atomic E-state index is 12.3. The van der Waals surface area contributed by atoms with E-state index >= 15 is 0 Å². The van der Waals surface area contributed by atoms with Crippen LogP contribution in [-0.2, 0) is 10.0 Å². The highest BCUT2D eigenvalue weighted by Gasteiger charge is 2.39. The average molecular weight is 282 g/mol. The van der Waals surface area contributed by atoms with E-state index < -0.39 is 15.6 Å². The molecule has 6 heteroatoms. The zero-order valence-electron chi connectivity index (χ0n) is 10.8. The van der Waals surface area contributed by atoms with Crippen LogP contribution in [-0.4, -0.2) is 38.3 Å². The Morgan fingerprint density at radius 2 is 1.95 bits per heavy atom. The number of anilines is 1. The Hall–Kier alpha value is -1.11. The van der Waals surface area contributed by atoms with Gasteiger partial charge in [-0.05, 0) is 31.9 Å². The minimum absolute atomic E-state index is 0.0950. The van der Waals surface area contributed by atoms with E-state index in [1.54, 1.807) is 25.1 Å². The lowest BCUT2D eigenvalue weighted by molar-refractivity contribution is 0.0307. The van der Waals surface area contributed by atoms with Crippen molar-refractivity contribution in [1.29, 1.82) is 0 Å². The molecule has 0 bridgehead atoms. The van der Waals surface area contributed by atoms with Crippen LogP contribution in [0, 0.1) is 0 Å². The number of rotatable bonds is 4. The SMILES string of the molecule is CC1(O)CN(c2ccccc2S(=O)(=O)NC2CC2)C1. The molecule has 0 radical (unpaired) electrons. The number of hydrogen-bond acceptors (Lipinski definition) is 4. The summed E-state index contributed by atoms with van der Waals surface area (Å²) < 4.78 is 27.3. The molecule has 0 amide bonds. The smallest absolute Gasteiger partial charge is 0.242 e. The average Bonchev–Trinajstić information content (AvgIpc) is 3.09. The maximum absolute atomic E-state index is 12.3. The standard InChI is InChI=1S/C13H18N2O3S/c1-13(16)8-15(9-13)11-4-2-3-5-12(11)19(17,18)14-10-6-7-10/h2-5,10,14,16H,6-9H2,1H3. The zero-order chi connectivity index (χ0) is 13.7. The number of benzene rings is 1. The lowest BCUT2D eigenvalue weighted by atomic mass is 9.96. The van der Waals surface area contributed by atoms with Crippen molar-refractivity contribution in [1.82, 2.24) is 4.72 Å². The normalized spacial score (nSPS) is 22.1. The van der Waals surface area contributed by atoms with Gasteiger partial charge in [0.1, 0.15) is 4.90 Å². The first-order valence-corrected chi connectivity index (χ1v) is 7.94. The number of β-amino-alcohol motifs (C(OH)–C–C–N with tert-alkyl or cyclic N) is 1. The minimum atomic E-state index is -3.46. The summed E-state index contributed by atoms with van der Waals surface area (Å²) in [6, 6.07) is 7.04. The van der Waals surface area contributed by atoms with E-state index in [2.05, 4.69) is 4.72 Å². The number of hydrogen-bond donors (Lipinski definition) is 2. The molecule has 0 unspecified atom stereocenters. The first kappa shape index (κ1) is 12.9. The minimum Gasteiger partial charge on any atom is -0.386 e. The summed E-state index contributed by atoms with van der Waals surface area (Å²) in [4.78, 5) is 2.19. The Bertz CT molecular complexity index is 586. The molecule has 104 valence electrons. The van der Waals surface area contributed by atoms with Crippen molar-refractivity contribution in [3.8, 4) is 0 Å². The first-order valence-electron chi connectivity index (χ1n) is 6.46. The van der Waals surface area contributed by atoms with Crippen LogP contribution >= 0.6 is 0 Å². The van der Waals surface area contributed by atoms with Crippen molar-refractivity contribution in [2.45, 2.75) is 36.3 Å². The van der Waals surface area contributed by atoms with E-state index in [4.69, 9.17) is 0 Å². The molecule has 5 nitrogen and oxygen atoms in total. The maximum Gasteiger partial charge on any atom is 0.242 e. The molecular weight excluding hydrogens is 264 g/mol. The third-order valence-corrected chi connectivity index (χ3v) is 5.03. The summed E-state index contributed by atoms with van der Waals surface area (Å²) >= 11 is 0. The number of aliphatic hydroxyl groups is 1. The van der Waals surface area contributed by atoms with Crippen molar-refractivity contribution in [2.24, 2.45) is 0 Å². The fourth-order valence-corrected chi connectivity index (χ4v) is 3.91. The first-order chi connectivity index (χ1) is 8.87. The molecule has 2 N–H and O–H groups in total. The van der Waals surface area contributed by atoms with E-state index in [0.717, 1.165) is 12.8 Å². The van der Waals surface area contributed by atoms with Gasteiger partial charge in [-0.2, -0.15) is 0 Å². The van der Waals surface area contributed by atoms with Crippen LogP contribution in [0.15, 0.2) is 29.2 Å². The number of nitrogens with zero attached hydrogens (tertiary/aromatic N) is 1. The van der Waals surface area contributed by atoms with Gasteiger partial charge in [-0.25, -0.2) is 13.1 Å². The number of sulfonamides is 1. The van der Waals surface area contributed by atoms with Crippen molar-refractivity contribution in [3.63, 3.8) is 0 Å². The third kappa shape index (κ3) is 2.61. The fraction of sp³-hybridized carbons (Fsp3) is 0.538. The lowest BCUT2D eigenvalue weighted by Crippen LogP contribution is -2.60. The Labute approximate surface area is 113 Å². The van der Waals surface area contributed by atoms with Crippen LogP contribution in [0.25, 0.3) is 0 Å². The van der Waals surface area contributed by atoms with Gasteiger partial charge in [0.05, 0.1) is 11.3 Å². The molecule has 0 spiro atoms. The molecule has 1 aliphatic carbocycles. The van der Waals surface area contributed by atoms with Crippen molar-refractivity contribution < 1.29 is 13.5 Å². The van der Waals surface area contributed by atoms with Crippen LogP contribution in [0.1, 0.15) is 19.8 Å². The monoisotopic (exact) mass is 282 g/mol. The van der Waals surface area contributed by atoms with E-state index in [1.807, 2.05) is 11.0 Å². The van der Waals surface area contributed by atoms with Gasteiger partial charge >= 0.3 is 0 Å². The molecule has 1 aliphatic heterocycles. The van der Waals surface area contributed by atoms with Gasteiger partial charge in [-0.3, -0.25) is 0 Å². The molecule has 3 rings (SSSR count). The van der Waals surface area contributed by atoms with Gasteiger partial charge in [0.15, 0.2) is 0 Å². The molecule has 0 aromatic heterocycles. The molecule has 2 aliphatic rings. The summed E-state index contributed by atoms with van der Waals surface area (Å²) in [6.07, 6.45) is 1.83. The molecule has 2 fully saturated rings. The predicted octanol–water partition coefficient (Wildman–Crippen LogP) is 0.698. The zero-order valence-corrected chi connectivity index (χ0v) is 11.7. The second kappa shape index (κ2) is 4.19. The third-order valence-electron chi connectivity index (χ3n) is 3.46. The topological polar surface area (TPSA) is 69.6 Å². The van der Waals surface area contributed by atoms with Crippen LogP contribution in [0.4, 0.5) is 5.69 Å². The summed E-state index contributed by atoms with van der Waals surface area (Å²) in [5, 5.41) is 9.79. The van der Waals surface area contributed by atoms with Gasteiger partial charge in [0.25, 0.3) is 0 Å². The summed E-state index contributed by atoms with van der Waals surface area (Å²) in [6.45, 7) is 2.68. The van der Waals surface area contributed by atoms with Gasteiger partial charge in [-0.1, -0.05) is 12.1 Å². The molecule has 19 heavy (non-hydrogen) atoms. The second-order valence-corrected chi connectivity index (χ2v) is 7.40. The molecule has 1 aromatic carbocycles.